The summed E-state index contributed by atoms with van der Waals surface area (Å²) in [6.07, 6.45) is 8.48. The number of pyridine rings is 1. The molecule has 1 fully saturated rings. The number of aryl methyl sites for hydroxylation is 1. The Hall–Kier alpha value is -4.05. The molecule has 1 aliphatic heterocycles. The highest BCUT2D eigenvalue weighted by Crippen LogP contribution is 2.31. The summed E-state index contributed by atoms with van der Waals surface area (Å²) in [6, 6.07) is 3.15. The van der Waals surface area contributed by atoms with Crippen LogP contribution in [-0.4, -0.2) is 45.3 Å². The Morgan fingerprint density at radius 1 is 1.22 bits per heavy atom. The van der Waals surface area contributed by atoms with E-state index >= 15 is 0 Å². The largest absolute Gasteiger partial charge is 0.397 e. The van der Waals surface area contributed by atoms with Crippen LogP contribution in [0.4, 0.5) is 25.8 Å². The Balaban J connectivity index is 2.00. The SMILES string of the molecule is C#CCn1c(CN2CC(OC)C2)c(N(N)c2cc(F)c(F)cc2N)c(=O)n(-c2cncc(C)c2)c1=O. The predicted molar refractivity (Wildman–Crippen MR) is 131 cm³/mol. The average molecular weight is 498 g/mol. The number of likely N-dealkylation sites (tertiary alicyclic amines) is 1. The standard InChI is InChI=1S/C24H25F2N7O3/c1-4-5-31-21(13-30-11-16(12-30)36-3)22(33(28)20-8-18(26)17(25)7-19(20)27)23(34)32(24(31)35)15-6-14(2)9-29-10-15/h1,6-10,16H,5,11-13,27-28H2,2-3H3. The normalized spacial score (nSPS) is 13.9. The van der Waals surface area contributed by atoms with E-state index in [4.69, 9.17) is 22.7 Å². The minimum absolute atomic E-state index is 0.00388. The number of rotatable bonds is 7. The average Bonchev–Trinajstić information content (AvgIpc) is 2.80. The molecule has 0 aliphatic carbocycles. The lowest BCUT2D eigenvalue weighted by molar-refractivity contribution is -0.0343. The van der Waals surface area contributed by atoms with Crippen molar-refractivity contribution in [1.29, 1.82) is 0 Å². The van der Waals surface area contributed by atoms with Gasteiger partial charge in [0.15, 0.2) is 11.6 Å². The topological polar surface area (TPSA) is 125 Å². The van der Waals surface area contributed by atoms with Crippen LogP contribution in [0.25, 0.3) is 5.69 Å². The second kappa shape index (κ2) is 9.90. The number of halogens is 2. The summed E-state index contributed by atoms with van der Waals surface area (Å²) < 4.78 is 35.3. The summed E-state index contributed by atoms with van der Waals surface area (Å²) in [6.45, 7) is 2.78. The third-order valence-corrected chi connectivity index (χ3v) is 6.00. The van der Waals surface area contributed by atoms with Gasteiger partial charge in [0.1, 0.15) is 5.69 Å². The summed E-state index contributed by atoms with van der Waals surface area (Å²) in [4.78, 5) is 33.4. The van der Waals surface area contributed by atoms with Crippen molar-refractivity contribution < 1.29 is 13.5 Å². The van der Waals surface area contributed by atoms with Crippen LogP contribution in [0, 0.1) is 30.9 Å². The third-order valence-electron chi connectivity index (χ3n) is 6.00. The van der Waals surface area contributed by atoms with E-state index < -0.39 is 22.9 Å². The molecule has 1 aliphatic rings. The number of benzene rings is 1. The van der Waals surface area contributed by atoms with Gasteiger partial charge in [0, 0.05) is 45.1 Å². The Kier molecular flexibility index (Phi) is 6.89. The van der Waals surface area contributed by atoms with E-state index in [0.717, 1.165) is 21.7 Å². The molecule has 0 saturated carbocycles. The first-order valence-electron chi connectivity index (χ1n) is 10.9. The maximum atomic E-state index is 14.1. The minimum atomic E-state index is -1.21. The molecule has 3 heterocycles. The molecule has 3 aromatic rings. The summed E-state index contributed by atoms with van der Waals surface area (Å²) >= 11 is 0. The van der Waals surface area contributed by atoms with Gasteiger partial charge in [0.2, 0.25) is 0 Å². The summed E-state index contributed by atoms with van der Waals surface area (Å²) in [5.41, 5.74) is 4.98. The van der Waals surface area contributed by atoms with Crippen molar-refractivity contribution in [2.75, 3.05) is 30.9 Å². The van der Waals surface area contributed by atoms with Gasteiger partial charge in [0.25, 0.3) is 5.56 Å². The fourth-order valence-electron chi connectivity index (χ4n) is 4.12. The first-order valence-corrected chi connectivity index (χ1v) is 10.9. The summed E-state index contributed by atoms with van der Waals surface area (Å²) in [7, 11) is 1.59. The van der Waals surface area contributed by atoms with Crippen LogP contribution in [-0.2, 0) is 17.8 Å². The van der Waals surface area contributed by atoms with Crippen molar-refractivity contribution in [3.05, 3.63) is 74.3 Å². The molecule has 12 heteroatoms. The Labute approximate surface area is 205 Å². The maximum absolute atomic E-state index is 14.1. The molecule has 36 heavy (non-hydrogen) atoms. The monoisotopic (exact) mass is 497 g/mol. The molecular weight excluding hydrogens is 472 g/mol. The molecule has 0 radical (unpaired) electrons. The molecule has 188 valence electrons. The zero-order chi connectivity index (χ0) is 26.1. The van der Waals surface area contributed by atoms with Crippen molar-refractivity contribution >= 4 is 17.1 Å². The van der Waals surface area contributed by atoms with Crippen LogP contribution < -0.4 is 27.8 Å². The number of methoxy groups -OCH3 is 1. The Bertz CT molecular complexity index is 1470. The van der Waals surface area contributed by atoms with Gasteiger partial charge in [0.05, 0.1) is 41.6 Å². The summed E-state index contributed by atoms with van der Waals surface area (Å²) in [5, 5.41) is 0.856. The molecule has 0 amide bonds. The quantitative estimate of drug-likeness (QED) is 0.215. The molecular formula is C24H25F2N7O3. The molecule has 4 N–H and O–H groups in total. The van der Waals surface area contributed by atoms with E-state index in [-0.39, 0.29) is 47.6 Å². The number of anilines is 3. The summed E-state index contributed by atoms with van der Waals surface area (Å²) in [5.74, 6) is 6.40. The number of nitrogens with zero attached hydrogens (tertiary/aromatic N) is 5. The number of hydrazine groups is 1. The number of hydrogen-bond donors (Lipinski definition) is 2. The second-order valence-corrected chi connectivity index (χ2v) is 8.48. The molecule has 0 spiro atoms. The number of aromatic nitrogens is 3. The maximum Gasteiger partial charge on any atom is 0.336 e. The van der Waals surface area contributed by atoms with E-state index in [2.05, 4.69) is 10.9 Å². The van der Waals surface area contributed by atoms with Gasteiger partial charge in [-0.05, 0) is 18.6 Å². The number of terminal acetylenes is 1. The Morgan fingerprint density at radius 3 is 2.56 bits per heavy atom. The third kappa shape index (κ3) is 4.47. The lowest BCUT2D eigenvalue weighted by Crippen LogP contribution is -2.53. The van der Waals surface area contributed by atoms with E-state index in [9.17, 15) is 18.4 Å². The smallest absolute Gasteiger partial charge is 0.336 e. The van der Waals surface area contributed by atoms with Gasteiger partial charge in [-0.25, -0.2) is 24.0 Å². The van der Waals surface area contributed by atoms with Crippen LogP contribution >= 0.6 is 0 Å². The first-order chi connectivity index (χ1) is 17.2. The van der Waals surface area contributed by atoms with Crippen molar-refractivity contribution in [3.63, 3.8) is 0 Å². The fraction of sp³-hybridized carbons (Fsp3) is 0.292. The van der Waals surface area contributed by atoms with Crippen LogP contribution in [0.15, 0.2) is 40.2 Å². The van der Waals surface area contributed by atoms with Crippen molar-refractivity contribution in [2.45, 2.75) is 26.1 Å². The zero-order valence-corrected chi connectivity index (χ0v) is 19.7. The van der Waals surface area contributed by atoms with Gasteiger partial charge in [-0.1, -0.05) is 5.92 Å². The fourth-order valence-corrected chi connectivity index (χ4v) is 4.12. The lowest BCUT2D eigenvalue weighted by Gasteiger charge is -2.39. The molecule has 4 rings (SSSR count). The highest BCUT2D eigenvalue weighted by atomic mass is 19.2. The second-order valence-electron chi connectivity index (χ2n) is 8.48. The van der Waals surface area contributed by atoms with Gasteiger partial charge in [-0.15, -0.1) is 6.42 Å². The van der Waals surface area contributed by atoms with Crippen LogP contribution in [0.2, 0.25) is 0 Å². The molecule has 0 unspecified atom stereocenters. The van der Waals surface area contributed by atoms with Crippen LogP contribution in [0.3, 0.4) is 0 Å². The molecule has 0 bridgehead atoms. The van der Waals surface area contributed by atoms with Crippen molar-refractivity contribution in [3.8, 4) is 18.0 Å². The molecule has 2 aromatic heterocycles. The van der Waals surface area contributed by atoms with Crippen LogP contribution in [0.1, 0.15) is 11.3 Å². The highest BCUT2D eigenvalue weighted by Gasteiger charge is 2.31. The Morgan fingerprint density at radius 2 is 1.92 bits per heavy atom. The van der Waals surface area contributed by atoms with E-state index in [0.29, 0.717) is 18.7 Å². The van der Waals surface area contributed by atoms with E-state index in [1.165, 1.54) is 10.8 Å². The van der Waals surface area contributed by atoms with Crippen molar-refractivity contribution in [2.24, 2.45) is 5.84 Å². The highest BCUT2D eigenvalue weighted by molar-refractivity contribution is 5.74. The molecule has 10 nitrogen and oxygen atoms in total. The van der Waals surface area contributed by atoms with Gasteiger partial charge >= 0.3 is 5.69 Å². The van der Waals surface area contributed by atoms with Crippen molar-refractivity contribution in [1.82, 2.24) is 19.0 Å². The minimum Gasteiger partial charge on any atom is -0.397 e. The van der Waals surface area contributed by atoms with E-state index in [1.54, 1.807) is 26.3 Å². The number of nitrogens with two attached hydrogens (primary N) is 2. The van der Waals surface area contributed by atoms with Gasteiger partial charge < -0.3 is 10.5 Å². The van der Waals surface area contributed by atoms with Gasteiger partial charge in [-0.2, -0.15) is 0 Å². The molecule has 1 saturated heterocycles. The zero-order valence-electron chi connectivity index (χ0n) is 19.7. The molecule has 1 aromatic carbocycles. The van der Waals surface area contributed by atoms with Gasteiger partial charge in [-0.3, -0.25) is 24.3 Å². The van der Waals surface area contributed by atoms with E-state index in [1.807, 2.05) is 4.90 Å². The molecule has 0 atom stereocenters. The number of hydrogen-bond acceptors (Lipinski definition) is 8. The lowest BCUT2D eigenvalue weighted by atomic mass is 10.1. The number of ether oxygens (including phenoxy) is 1. The number of nitrogen functional groups attached to an aromatic ring is 1. The predicted octanol–water partition coefficient (Wildman–Crippen LogP) is 1.04. The first kappa shape index (κ1) is 25.1. The van der Waals surface area contributed by atoms with Crippen LogP contribution in [0.5, 0.6) is 0 Å².